The molecule has 0 heterocycles. The van der Waals surface area contributed by atoms with Crippen molar-refractivity contribution in [1.29, 1.82) is 0 Å². The van der Waals surface area contributed by atoms with E-state index in [-0.39, 0.29) is 17.3 Å². The van der Waals surface area contributed by atoms with Crippen LogP contribution in [0, 0.1) is 0 Å². The third-order valence-electron chi connectivity index (χ3n) is 5.36. The normalized spacial score (nSPS) is 12.0. The van der Waals surface area contributed by atoms with Gasteiger partial charge in [-0.1, -0.05) is 68.3 Å². The number of sulfonamides is 1. The van der Waals surface area contributed by atoms with Gasteiger partial charge in [-0.2, -0.15) is 0 Å². The second-order valence-electron chi connectivity index (χ2n) is 7.75. The molecule has 35 heavy (non-hydrogen) atoms. The zero-order valence-electron chi connectivity index (χ0n) is 19.2. The van der Waals surface area contributed by atoms with Crippen molar-refractivity contribution in [2.75, 3.05) is 17.9 Å². The summed E-state index contributed by atoms with van der Waals surface area (Å²) in [5, 5.41) is 2.57. The van der Waals surface area contributed by atoms with E-state index in [2.05, 4.69) is 37.2 Å². The highest BCUT2D eigenvalue weighted by Crippen LogP contribution is 2.27. The van der Waals surface area contributed by atoms with Gasteiger partial charge >= 0.3 is 0 Å². The molecule has 3 aromatic rings. The van der Waals surface area contributed by atoms with E-state index in [9.17, 15) is 18.0 Å². The topological polar surface area (TPSA) is 86.8 Å². The Morgan fingerprint density at radius 1 is 0.914 bits per heavy atom. The van der Waals surface area contributed by atoms with Gasteiger partial charge in [-0.15, -0.1) is 0 Å². The van der Waals surface area contributed by atoms with Crippen LogP contribution in [0.4, 0.5) is 5.69 Å². The molecule has 1 N–H and O–H groups in total. The lowest BCUT2D eigenvalue weighted by Gasteiger charge is -2.31. The Bertz CT molecular complexity index is 1300. The molecule has 1 atom stereocenters. The standard InChI is InChI=1S/C25H25Br2N3O4S/c1-18(25(32)28-2)29(16-19-8-6-9-20(26)14-19)24(31)17-30(22-11-7-10-21(27)15-22)35(33,34)23-12-4-3-5-13-23/h3-15,18H,16-17H2,1-2H3,(H,28,32)/t18-/m1/s1. The zero-order valence-corrected chi connectivity index (χ0v) is 23.2. The Balaban J connectivity index is 2.02. The first-order chi connectivity index (χ1) is 16.6. The monoisotopic (exact) mass is 621 g/mol. The van der Waals surface area contributed by atoms with Gasteiger partial charge in [0.15, 0.2) is 0 Å². The fraction of sp³-hybridized carbons (Fsp3) is 0.200. The van der Waals surface area contributed by atoms with Crippen LogP contribution in [0.5, 0.6) is 0 Å². The average Bonchev–Trinajstić information content (AvgIpc) is 2.85. The van der Waals surface area contributed by atoms with Crippen molar-refractivity contribution in [3.8, 4) is 0 Å². The molecule has 0 unspecified atom stereocenters. The number of anilines is 1. The molecule has 0 aromatic heterocycles. The zero-order chi connectivity index (χ0) is 25.6. The summed E-state index contributed by atoms with van der Waals surface area (Å²) in [6.07, 6.45) is 0. The van der Waals surface area contributed by atoms with Crippen molar-refractivity contribution in [3.63, 3.8) is 0 Å². The van der Waals surface area contributed by atoms with E-state index in [1.165, 1.54) is 24.1 Å². The number of likely N-dealkylation sites (N-methyl/N-ethyl adjacent to an activating group) is 1. The van der Waals surface area contributed by atoms with Gasteiger partial charge in [-0.05, 0) is 55.0 Å². The Kier molecular flexibility index (Phi) is 9.09. The number of hydrogen-bond donors (Lipinski definition) is 1. The second kappa shape index (κ2) is 11.8. The van der Waals surface area contributed by atoms with Gasteiger partial charge in [0.05, 0.1) is 10.6 Å². The van der Waals surface area contributed by atoms with E-state index in [4.69, 9.17) is 0 Å². The molecule has 0 saturated heterocycles. The van der Waals surface area contributed by atoms with Crippen molar-refractivity contribution in [1.82, 2.24) is 10.2 Å². The lowest BCUT2D eigenvalue weighted by Crippen LogP contribution is -2.50. The van der Waals surface area contributed by atoms with Gasteiger partial charge in [0.25, 0.3) is 10.0 Å². The van der Waals surface area contributed by atoms with E-state index < -0.39 is 28.5 Å². The van der Waals surface area contributed by atoms with Gasteiger partial charge in [0.1, 0.15) is 12.6 Å². The summed E-state index contributed by atoms with van der Waals surface area (Å²) in [6, 6.07) is 21.2. The predicted octanol–water partition coefficient (Wildman–Crippen LogP) is 4.57. The first-order valence-corrected chi connectivity index (χ1v) is 13.7. The third-order valence-corrected chi connectivity index (χ3v) is 8.14. The number of benzene rings is 3. The summed E-state index contributed by atoms with van der Waals surface area (Å²) in [7, 11) is -2.58. The molecular weight excluding hydrogens is 598 g/mol. The molecule has 0 radical (unpaired) electrons. The number of carbonyl (C=O) groups excluding carboxylic acids is 2. The fourth-order valence-electron chi connectivity index (χ4n) is 3.50. The van der Waals surface area contributed by atoms with E-state index >= 15 is 0 Å². The molecule has 0 fully saturated rings. The highest BCUT2D eigenvalue weighted by molar-refractivity contribution is 9.10. The average molecular weight is 623 g/mol. The summed E-state index contributed by atoms with van der Waals surface area (Å²) in [5.74, 6) is -0.867. The molecule has 0 aliphatic carbocycles. The number of nitrogens with one attached hydrogen (secondary N) is 1. The van der Waals surface area contributed by atoms with Gasteiger partial charge in [0.2, 0.25) is 11.8 Å². The molecule has 2 amide bonds. The molecule has 3 aromatic carbocycles. The highest BCUT2D eigenvalue weighted by Gasteiger charge is 2.32. The smallest absolute Gasteiger partial charge is 0.264 e. The number of amides is 2. The Hall–Kier alpha value is -2.69. The molecule has 0 aliphatic rings. The van der Waals surface area contributed by atoms with Crippen LogP contribution in [-0.2, 0) is 26.2 Å². The summed E-state index contributed by atoms with van der Waals surface area (Å²) >= 11 is 6.80. The van der Waals surface area contributed by atoms with E-state index in [1.54, 1.807) is 49.4 Å². The fourth-order valence-corrected chi connectivity index (χ4v) is 5.76. The minimum Gasteiger partial charge on any atom is -0.357 e. The first kappa shape index (κ1) is 26.9. The largest absolute Gasteiger partial charge is 0.357 e. The minimum atomic E-state index is -4.07. The summed E-state index contributed by atoms with van der Waals surface area (Å²) in [5.41, 5.74) is 1.12. The van der Waals surface area contributed by atoms with Crippen LogP contribution in [0.25, 0.3) is 0 Å². The quantitative estimate of drug-likeness (QED) is 0.379. The molecule has 0 bridgehead atoms. The van der Waals surface area contributed by atoms with Crippen LogP contribution in [0.2, 0.25) is 0 Å². The van der Waals surface area contributed by atoms with E-state index in [1.807, 2.05) is 24.3 Å². The Labute approximate surface area is 222 Å². The molecule has 3 rings (SSSR count). The van der Waals surface area contributed by atoms with Gasteiger partial charge in [-0.3, -0.25) is 13.9 Å². The molecule has 0 saturated carbocycles. The van der Waals surface area contributed by atoms with E-state index in [0.29, 0.717) is 10.2 Å². The summed E-state index contributed by atoms with van der Waals surface area (Å²) < 4.78 is 29.8. The number of nitrogens with zero attached hydrogens (tertiary/aromatic N) is 2. The van der Waals surface area contributed by atoms with Crippen molar-refractivity contribution < 1.29 is 18.0 Å². The maximum absolute atomic E-state index is 13.7. The van der Waals surface area contributed by atoms with Gasteiger partial charge in [-0.25, -0.2) is 8.42 Å². The van der Waals surface area contributed by atoms with Gasteiger partial charge < -0.3 is 10.2 Å². The molecule has 184 valence electrons. The lowest BCUT2D eigenvalue weighted by molar-refractivity contribution is -0.139. The number of carbonyl (C=O) groups is 2. The second-order valence-corrected chi connectivity index (χ2v) is 11.4. The summed E-state index contributed by atoms with van der Waals surface area (Å²) in [4.78, 5) is 27.6. The molecule has 7 nitrogen and oxygen atoms in total. The number of rotatable bonds is 9. The summed E-state index contributed by atoms with van der Waals surface area (Å²) in [6.45, 7) is 1.26. The molecular formula is C25H25Br2N3O4S. The maximum Gasteiger partial charge on any atom is 0.264 e. The Morgan fingerprint density at radius 3 is 2.14 bits per heavy atom. The molecule has 0 aliphatic heterocycles. The molecule has 0 spiro atoms. The number of hydrogen-bond acceptors (Lipinski definition) is 4. The maximum atomic E-state index is 13.7. The number of halogens is 2. The van der Waals surface area contributed by atoms with E-state index in [0.717, 1.165) is 14.3 Å². The predicted molar refractivity (Wildman–Crippen MR) is 143 cm³/mol. The Morgan fingerprint density at radius 2 is 1.54 bits per heavy atom. The first-order valence-electron chi connectivity index (χ1n) is 10.7. The highest BCUT2D eigenvalue weighted by atomic mass is 79.9. The van der Waals surface area contributed by atoms with Crippen LogP contribution in [0.15, 0.2) is 92.7 Å². The van der Waals surface area contributed by atoms with Crippen molar-refractivity contribution >= 4 is 59.4 Å². The SMILES string of the molecule is CNC(=O)[C@@H](C)N(Cc1cccc(Br)c1)C(=O)CN(c1cccc(Br)c1)S(=O)(=O)c1ccccc1. The van der Waals surface area contributed by atoms with Crippen molar-refractivity contribution in [2.24, 2.45) is 0 Å². The van der Waals surface area contributed by atoms with Crippen LogP contribution >= 0.6 is 31.9 Å². The van der Waals surface area contributed by atoms with Crippen molar-refractivity contribution in [3.05, 3.63) is 93.4 Å². The lowest BCUT2D eigenvalue weighted by atomic mass is 10.1. The van der Waals surface area contributed by atoms with Crippen LogP contribution in [0.3, 0.4) is 0 Å². The third kappa shape index (κ3) is 6.71. The van der Waals surface area contributed by atoms with Gasteiger partial charge in [0, 0.05) is 22.5 Å². The van der Waals surface area contributed by atoms with Crippen LogP contribution < -0.4 is 9.62 Å². The van der Waals surface area contributed by atoms with Crippen molar-refractivity contribution in [2.45, 2.75) is 24.4 Å². The van der Waals surface area contributed by atoms with Crippen LogP contribution in [-0.4, -0.2) is 44.8 Å². The molecule has 10 heteroatoms. The minimum absolute atomic E-state index is 0.0608. The van der Waals surface area contributed by atoms with Crippen LogP contribution in [0.1, 0.15) is 12.5 Å².